The first kappa shape index (κ1) is 23.8. The highest BCUT2D eigenvalue weighted by Crippen LogP contribution is 2.50. The van der Waals surface area contributed by atoms with Gasteiger partial charge < -0.3 is 19.7 Å². The molecule has 0 radical (unpaired) electrons. The van der Waals surface area contributed by atoms with Crippen LogP contribution in [0.4, 0.5) is 0 Å². The lowest BCUT2D eigenvalue weighted by atomic mass is 9.62. The second-order valence-electron chi connectivity index (χ2n) is 9.61. The Morgan fingerprint density at radius 1 is 1.06 bits per heavy atom. The van der Waals surface area contributed by atoms with E-state index in [9.17, 15) is 9.90 Å². The fourth-order valence-electron chi connectivity index (χ4n) is 4.19. The highest BCUT2D eigenvalue weighted by atomic mass is 16.5. The van der Waals surface area contributed by atoms with E-state index in [1.54, 1.807) is 19.2 Å². The van der Waals surface area contributed by atoms with E-state index in [2.05, 4.69) is 45.6 Å². The van der Waals surface area contributed by atoms with Crippen LogP contribution in [-0.2, 0) is 15.6 Å². The number of aliphatic hydroxyl groups is 1. The number of hydrogen-bond acceptors (Lipinski definition) is 4. The van der Waals surface area contributed by atoms with E-state index in [4.69, 9.17) is 14.6 Å². The van der Waals surface area contributed by atoms with Crippen LogP contribution >= 0.6 is 0 Å². The maximum absolute atomic E-state index is 11.0. The van der Waals surface area contributed by atoms with E-state index >= 15 is 0 Å². The molecule has 5 heteroatoms. The molecule has 3 rings (SSSR count). The molecule has 5 nitrogen and oxygen atoms in total. The summed E-state index contributed by atoms with van der Waals surface area (Å²) in [5, 5.41) is 19.9. The number of aromatic carboxylic acids is 1. The van der Waals surface area contributed by atoms with Gasteiger partial charge in [0.15, 0.2) is 0 Å². The van der Waals surface area contributed by atoms with Gasteiger partial charge in [0.1, 0.15) is 18.5 Å². The number of methoxy groups -OCH3 is 1. The largest absolute Gasteiger partial charge is 0.491 e. The maximum atomic E-state index is 11.0. The van der Waals surface area contributed by atoms with Crippen molar-refractivity contribution in [1.82, 2.24) is 0 Å². The number of carbonyl (C=O) groups is 1. The monoisotopic (exact) mass is 436 g/mol. The van der Waals surface area contributed by atoms with E-state index in [0.29, 0.717) is 24.3 Å². The summed E-state index contributed by atoms with van der Waals surface area (Å²) >= 11 is 0. The summed E-state index contributed by atoms with van der Waals surface area (Å²) in [6, 6.07) is 10.2. The molecular weight excluding hydrogens is 404 g/mol. The van der Waals surface area contributed by atoms with Gasteiger partial charge in [0.2, 0.25) is 0 Å². The first-order valence-corrected chi connectivity index (χ1v) is 10.9. The van der Waals surface area contributed by atoms with E-state index < -0.39 is 12.1 Å². The Labute approximate surface area is 190 Å². The summed E-state index contributed by atoms with van der Waals surface area (Å²) in [5.41, 5.74) is 3.84. The van der Waals surface area contributed by atoms with Gasteiger partial charge in [-0.05, 0) is 65.1 Å². The fourth-order valence-corrected chi connectivity index (χ4v) is 4.19. The molecule has 2 N–H and O–H groups in total. The summed E-state index contributed by atoms with van der Waals surface area (Å²) in [7, 11) is 1.64. The van der Waals surface area contributed by atoms with Crippen molar-refractivity contribution in [3.05, 3.63) is 64.2 Å². The van der Waals surface area contributed by atoms with Crippen molar-refractivity contribution in [3.8, 4) is 17.6 Å². The number of benzene rings is 2. The number of ether oxygens (including phenoxy) is 2. The minimum Gasteiger partial charge on any atom is -0.491 e. The van der Waals surface area contributed by atoms with Crippen molar-refractivity contribution in [2.45, 2.75) is 57.5 Å². The van der Waals surface area contributed by atoms with Crippen LogP contribution in [-0.4, -0.2) is 36.5 Å². The summed E-state index contributed by atoms with van der Waals surface area (Å²) in [4.78, 5) is 11.0. The van der Waals surface area contributed by atoms with Gasteiger partial charge in [0, 0.05) is 18.2 Å². The molecule has 0 heterocycles. The van der Waals surface area contributed by atoms with E-state index in [1.165, 1.54) is 23.3 Å². The van der Waals surface area contributed by atoms with Crippen LogP contribution in [0, 0.1) is 11.8 Å². The summed E-state index contributed by atoms with van der Waals surface area (Å²) in [6.45, 7) is 9.84. The third-order valence-corrected chi connectivity index (χ3v) is 6.25. The summed E-state index contributed by atoms with van der Waals surface area (Å²) in [6.07, 6.45) is 1.11. The summed E-state index contributed by atoms with van der Waals surface area (Å²) < 4.78 is 11.3. The molecule has 0 saturated heterocycles. The van der Waals surface area contributed by atoms with Gasteiger partial charge in [-0.25, -0.2) is 4.79 Å². The molecular formula is C27H32O5. The first-order valence-electron chi connectivity index (χ1n) is 10.9. The molecule has 0 aromatic heterocycles. The molecule has 2 aromatic carbocycles. The van der Waals surface area contributed by atoms with Gasteiger partial charge in [0.05, 0.1) is 12.2 Å². The molecule has 2 aromatic rings. The third kappa shape index (κ3) is 5.15. The van der Waals surface area contributed by atoms with Crippen molar-refractivity contribution in [1.29, 1.82) is 0 Å². The molecule has 1 aliphatic carbocycles. The van der Waals surface area contributed by atoms with E-state index in [1.807, 2.05) is 6.07 Å². The van der Waals surface area contributed by atoms with Crippen LogP contribution in [0.3, 0.4) is 0 Å². The number of carboxylic acid groups (broad SMARTS) is 1. The average molecular weight is 437 g/mol. The molecule has 0 spiro atoms. The molecule has 1 unspecified atom stereocenters. The SMILES string of the molecule is COCCOc1cc(C(O)C#Cc2ccc(C(=O)O)cc2)cc2c1C(C)(C)CCC2(C)C. The Morgan fingerprint density at radius 3 is 2.34 bits per heavy atom. The first-order chi connectivity index (χ1) is 15.0. The lowest BCUT2D eigenvalue weighted by molar-refractivity contribution is 0.0697. The molecule has 170 valence electrons. The van der Waals surface area contributed by atoms with Crippen molar-refractivity contribution in [3.63, 3.8) is 0 Å². The number of rotatable bonds is 6. The molecule has 0 aliphatic heterocycles. The molecule has 0 bridgehead atoms. The van der Waals surface area contributed by atoms with Crippen LogP contribution in [0.1, 0.15) is 79.3 Å². The fraction of sp³-hybridized carbons (Fsp3) is 0.444. The minimum atomic E-state index is -0.995. The standard InChI is InChI=1S/C27H32O5/c1-26(2)12-13-27(3,4)24-21(26)16-20(17-23(24)32-15-14-31-5)22(28)11-8-18-6-9-19(10-7-18)25(29)30/h6-7,9-10,16-17,22,28H,12-15H2,1-5H3,(H,29,30). The molecule has 0 saturated carbocycles. The Kier molecular flexibility index (Phi) is 6.97. The normalized spacial score (nSPS) is 16.9. The van der Waals surface area contributed by atoms with Gasteiger partial charge >= 0.3 is 5.97 Å². The average Bonchev–Trinajstić information content (AvgIpc) is 2.75. The van der Waals surface area contributed by atoms with Crippen LogP contribution in [0.25, 0.3) is 0 Å². The summed E-state index contributed by atoms with van der Waals surface area (Å²) in [5.74, 6) is 5.63. The zero-order valence-corrected chi connectivity index (χ0v) is 19.5. The van der Waals surface area contributed by atoms with Crippen LogP contribution < -0.4 is 4.74 Å². The number of carboxylic acids is 1. The Balaban J connectivity index is 1.99. The quantitative estimate of drug-likeness (QED) is 0.500. The minimum absolute atomic E-state index is 0.0334. The van der Waals surface area contributed by atoms with Gasteiger partial charge in [-0.1, -0.05) is 45.6 Å². The second-order valence-corrected chi connectivity index (χ2v) is 9.61. The zero-order chi connectivity index (χ0) is 23.5. The van der Waals surface area contributed by atoms with E-state index in [-0.39, 0.29) is 16.4 Å². The smallest absolute Gasteiger partial charge is 0.335 e. The van der Waals surface area contributed by atoms with Gasteiger partial charge in [-0.15, -0.1) is 0 Å². The number of aliphatic hydroxyl groups excluding tert-OH is 1. The van der Waals surface area contributed by atoms with Gasteiger partial charge in [-0.3, -0.25) is 0 Å². The Bertz CT molecular complexity index is 1040. The Morgan fingerprint density at radius 2 is 1.72 bits per heavy atom. The topological polar surface area (TPSA) is 76.0 Å². The lowest BCUT2D eigenvalue weighted by Crippen LogP contribution is -2.34. The number of fused-ring (bicyclic) bond motifs is 1. The third-order valence-electron chi connectivity index (χ3n) is 6.25. The van der Waals surface area contributed by atoms with Crippen molar-refractivity contribution >= 4 is 5.97 Å². The second kappa shape index (κ2) is 9.36. The van der Waals surface area contributed by atoms with Crippen molar-refractivity contribution in [2.75, 3.05) is 20.3 Å². The molecule has 1 atom stereocenters. The van der Waals surface area contributed by atoms with E-state index in [0.717, 1.165) is 18.6 Å². The number of hydrogen-bond donors (Lipinski definition) is 2. The van der Waals surface area contributed by atoms with Gasteiger partial charge in [-0.2, -0.15) is 0 Å². The maximum Gasteiger partial charge on any atom is 0.335 e. The predicted molar refractivity (Wildman–Crippen MR) is 124 cm³/mol. The zero-order valence-electron chi connectivity index (χ0n) is 19.5. The molecule has 1 aliphatic rings. The van der Waals surface area contributed by atoms with Crippen LogP contribution in [0.2, 0.25) is 0 Å². The highest BCUT2D eigenvalue weighted by Gasteiger charge is 2.40. The Hall–Kier alpha value is -2.81. The highest BCUT2D eigenvalue weighted by molar-refractivity contribution is 5.87. The molecule has 0 fully saturated rings. The van der Waals surface area contributed by atoms with Gasteiger partial charge in [0.25, 0.3) is 0 Å². The van der Waals surface area contributed by atoms with Crippen molar-refractivity contribution in [2.24, 2.45) is 0 Å². The lowest BCUT2D eigenvalue weighted by Gasteiger charge is -2.43. The van der Waals surface area contributed by atoms with Crippen LogP contribution in [0.15, 0.2) is 36.4 Å². The van der Waals surface area contributed by atoms with Crippen molar-refractivity contribution < 1.29 is 24.5 Å². The molecule has 0 amide bonds. The van der Waals surface area contributed by atoms with Crippen LogP contribution in [0.5, 0.6) is 5.75 Å². The molecule has 32 heavy (non-hydrogen) atoms. The predicted octanol–water partition coefficient (Wildman–Crippen LogP) is 4.84.